The van der Waals surface area contributed by atoms with Crippen molar-refractivity contribution >= 4 is 17.3 Å². The van der Waals surface area contributed by atoms with E-state index in [1.54, 1.807) is 18.2 Å². The molecule has 0 heterocycles. The van der Waals surface area contributed by atoms with Gasteiger partial charge in [0, 0.05) is 5.69 Å². The number of aromatic carboxylic acids is 1. The summed E-state index contributed by atoms with van der Waals surface area (Å²) >= 11 is 0. The fraction of sp³-hybridized carbons (Fsp3) is 0.133. The van der Waals surface area contributed by atoms with E-state index in [9.17, 15) is 4.79 Å². The van der Waals surface area contributed by atoms with Crippen LogP contribution in [0, 0.1) is 13.8 Å². The monoisotopic (exact) mass is 241 g/mol. The molecule has 0 unspecified atom stereocenters. The summed E-state index contributed by atoms with van der Waals surface area (Å²) in [5, 5.41) is 12.3. The number of aryl methyl sites for hydroxylation is 2. The fourth-order valence-corrected chi connectivity index (χ4v) is 1.79. The Bertz CT molecular complexity index is 591. The van der Waals surface area contributed by atoms with Gasteiger partial charge in [-0.3, -0.25) is 0 Å². The normalized spacial score (nSPS) is 10.1. The summed E-state index contributed by atoms with van der Waals surface area (Å²) in [7, 11) is 0. The first-order valence-electron chi connectivity index (χ1n) is 5.74. The van der Waals surface area contributed by atoms with Crippen LogP contribution < -0.4 is 5.32 Å². The molecule has 0 aromatic heterocycles. The summed E-state index contributed by atoms with van der Waals surface area (Å²) in [6.45, 7) is 4.00. The van der Waals surface area contributed by atoms with Gasteiger partial charge in [0.15, 0.2) is 0 Å². The molecule has 0 aliphatic rings. The van der Waals surface area contributed by atoms with Gasteiger partial charge in [-0.1, -0.05) is 24.3 Å². The standard InChI is InChI=1S/C15H15NO2/c1-10-7-8-11(2)14(9-10)16-13-6-4-3-5-12(13)15(17)18/h3-9,16H,1-2H3,(H,17,18). The third-order valence-corrected chi connectivity index (χ3v) is 2.82. The first kappa shape index (κ1) is 12.2. The van der Waals surface area contributed by atoms with Crippen LogP contribution in [-0.2, 0) is 0 Å². The van der Waals surface area contributed by atoms with E-state index in [4.69, 9.17) is 5.11 Å². The molecule has 0 aliphatic carbocycles. The molecular formula is C15H15NO2. The van der Waals surface area contributed by atoms with E-state index >= 15 is 0 Å². The van der Waals surface area contributed by atoms with Crippen molar-refractivity contribution in [1.29, 1.82) is 0 Å². The van der Waals surface area contributed by atoms with Crippen LogP contribution in [0.2, 0.25) is 0 Å². The lowest BCUT2D eigenvalue weighted by molar-refractivity contribution is 0.0698. The highest BCUT2D eigenvalue weighted by Crippen LogP contribution is 2.24. The van der Waals surface area contributed by atoms with Crippen LogP contribution in [0.1, 0.15) is 21.5 Å². The molecule has 0 saturated heterocycles. The summed E-state index contributed by atoms with van der Waals surface area (Å²) in [5.74, 6) is -0.927. The lowest BCUT2D eigenvalue weighted by Gasteiger charge is -2.12. The molecule has 2 aromatic carbocycles. The van der Waals surface area contributed by atoms with Gasteiger partial charge in [0.2, 0.25) is 0 Å². The van der Waals surface area contributed by atoms with Crippen molar-refractivity contribution in [2.45, 2.75) is 13.8 Å². The van der Waals surface area contributed by atoms with Crippen LogP contribution in [0.5, 0.6) is 0 Å². The minimum absolute atomic E-state index is 0.276. The van der Waals surface area contributed by atoms with Crippen LogP contribution in [0.25, 0.3) is 0 Å². The van der Waals surface area contributed by atoms with Gasteiger partial charge in [0.25, 0.3) is 0 Å². The zero-order valence-electron chi connectivity index (χ0n) is 10.4. The van der Waals surface area contributed by atoms with Crippen LogP contribution in [-0.4, -0.2) is 11.1 Å². The van der Waals surface area contributed by atoms with Crippen molar-refractivity contribution in [1.82, 2.24) is 0 Å². The van der Waals surface area contributed by atoms with Crippen LogP contribution in [0.3, 0.4) is 0 Å². The van der Waals surface area contributed by atoms with E-state index in [0.717, 1.165) is 16.8 Å². The number of para-hydroxylation sites is 1. The molecule has 0 aliphatic heterocycles. The Labute approximate surface area is 106 Å². The van der Waals surface area contributed by atoms with Gasteiger partial charge in [-0.05, 0) is 43.2 Å². The molecule has 2 rings (SSSR count). The van der Waals surface area contributed by atoms with Crippen molar-refractivity contribution in [2.75, 3.05) is 5.32 Å². The Balaban J connectivity index is 2.40. The summed E-state index contributed by atoms with van der Waals surface area (Å²) in [6.07, 6.45) is 0. The molecule has 0 bridgehead atoms. The second kappa shape index (κ2) is 4.92. The number of hydrogen-bond donors (Lipinski definition) is 2. The van der Waals surface area contributed by atoms with Crippen molar-refractivity contribution in [3.63, 3.8) is 0 Å². The molecule has 3 heteroatoms. The maximum atomic E-state index is 11.1. The first-order chi connectivity index (χ1) is 8.58. The Kier molecular flexibility index (Phi) is 3.33. The Morgan fingerprint density at radius 2 is 1.78 bits per heavy atom. The third-order valence-electron chi connectivity index (χ3n) is 2.82. The van der Waals surface area contributed by atoms with Gasteiger partial charge in [-0.15, -0.1) is 0 Å². The maximum absolute atomic E-state index is 11.1. The predicted molar refractivity (Wildman–Crippen MR) is 72.6 cm³/mol. The molecule has 3 nitrogen and oxygen atoms in total. The number of carboxylic acid groups (broad SMARTS) is 1. The lowest BCUT2D eigenvalue weighted by atomic mass is 10.1. The number of carbonyl (C=O) groups is 1. The quantitative estimate of drug-likeness (QED) is 0.860. The highest BCUT2D eigenvalue weighted by atomic mass is 16.4. The highest BCUT2D eigenvalue weighted by Gasteiger charge is 2.09. The number of hydrogen-bond acceptors (Lipinski definition) is 2. The zero-order valence-corrected chi connectivity index (χ0v) is 10.4. The molecule has 2 aromatic rings. The summed E-state index contributed by atoms with van der Waals surface area (Å²) in [6, 6.07) is 13.0. The predicted octanol–water partition coefficient (Wildman–Crippen LogP) is 3.75. The second-order valence-electron chi connectivity index (χ2n) is 4.29. The fourth-order valence-electron chi connectivity index (χ4n) is 1.79. The zero-order chi connectivity index (χ0) is 13.1. The van der Waals surface area contributed by atoms with Crippen molar-refractivity contribution in [2.24, 2.45) is 0 Å². The molecule has 0 fully saturated rings. The number of carboxylic acids is 1. The molecule has 2 N–H and O–H groups in total. The SMILES string of the molecule is Cc1ccc(C)c(Nc2ccccc2C(=O)O)c1. The van der Waals surface area contributed by atoms with E-state index in [-0.39, 0.29) is 5.56 Å². The van der Waals surface area contributed by atoms with Gasteiger partial charge in [-0.2, -0.15) is 0 Å². The largest absolute Gasteiger partial charge is 0.478 e. The van der Waals surface area contributed by atoms with Crippen LogP contribution >= 0.6 is 0 Å². The van der Waals surface area contributed by atoms with Crippen LogP contribution in [0.4, 0.5) is 11.4 Å². The third kappa shape index (κ3) is 2.51. The van der Waals surface area contributed by atoms with Crippen molar-refractivity contribution in [3.8, 4) is 0 Å². The lowest BCUT2D eigenvalue weighted by Crippen LogP contribution is -2.03. The Morgan fingerprint density at radius 1 is 1.06 bits per heavy atom. The van der Waals surface area contributed by atoms with Crippen molar-refractivity contribution in [3.05, 3.63) is 59.2 Å². The average molecular weight is 241 g/mol. The number of rotatable bonds is 3. The molecule has 0 amide bonds. The minimum atomic E-state index is -0.927. The summed E-state index contributed by atoms with van der Waals surface area (Å²) in [5.41, 5.74) is 4.04. The minimum Gasteiger partial charge on any atom is -0.478 e. The second-order valence-corrected chi connectivity index (χ2v) is 4.29. The summed E-state index contributed by atoms with van der Waals surface area (Å²) in [4.78, 5) is 11.1. The van der Waals surface area contributed by atoms with E-state index in [1.807, 2.05) is 38.1 Å². The Hall–Kier alpha value is -2.29. The summed E-state index contributed by atoms with van der Waals surface area (Å²) < 4.78 is 0. The van der Waals surface area contributed by atoms with E-state index < -0.39 is 5.97 Å². The van der Waals surface area contributed by atoms with E-state index in [1.165, 1.54) is 0 Å². The number of benzene rings is 2. The van der Waals surface area contributed by atoms with E-state index in [2.05, 4.69) is 5.32 Å². The molecule has 0 radical (unpaired) electrons. The number of nitrogens with one attached hydrogen (secondary N) is 1. The van der Waals surface area contributed by atoms with Gasteiger partial charge in [0.1, 0.15) is 0 Å². The molecular weight excluding hydrogens is 226 g/mol. The molecule has 92 valence electrons. The highest BCUT2D eigenvalue weighted by molar-refractivity contribution is 5.95. The molecule has 0 saturated carbocycles. The maximum Gasteiger partial charge on any atom is 0.337 e. The van der Waals surface area contributed by atoms with Gasteiger partial charge in [-0.25, -0.2) is 4.79 Å². The molecule has 18 heavy (non-hydrogen) atoms. The number of anilines is 2. The average Bonchev–Trinajstić information content (AvgIpc) is 2.34. The Morgan fingerprint density at radius 3 is 2.50 bits per heavy atom. The van der Waals surface area contributed by atoms with E-state index in [0.29, 0.717) is 5.69 Å². The first-order valence-corrected chi connectivity index (χ1v) is 5.74. The van der Waals surface area contributed by atoms with Gasteiger partial charge >= 0.3 is 5.97 Å². The smallest absolute Gasteiger partial charge is 0.337 e. The van der Waals surface area contributed by atoms with Gasteiger partial charge in [0.05, 0.1) is 11.3 Å². The van der Waals surface area contributed by atoms with Gasteiger partial charge < -0.3 is 10.4 Å². The molecule has 0 spiro atoms. The van der Waals surface area contributed by atoms with Crippen molar-refractivity contribution < 1.29 is 9.90 Å². The topological polar surface area (TPSA) is 49.3 Å². The molecule has 0 atom stereocenters. The van der Waals surface area contributed by atoms with Crippen LogP contribution in [0.15, 0.2) is 42.5 Å².